The predicted octanol–water partition coefficient (Wildman–Crippen LogP) is 2.49. The summed E-state index contributed by atoms with van der Waals surface area (Å²) in [6.07, 6.45) is 0. The van der Waals surface area contributed by atoms with Crippen LogP contribution in [0.15, 0.2) is 41.2 Å². The summed E-state index contributed by atoms with van der Waals surface area (Å²) < 4.78 is 6.87. The number of aryl methyl sites for hydroxylation is 3. The molecule has 0 aliphatic carbocycles. The number of para-hydroxylation sites is 1. The van der Waals surface area contributed by atoms with Gasteiger partial charge in [0.15, 0.2) is 6.61 Å². The highest BCUT2D eigenvalue weighted by Gasteiger charge is 2.11. The third-order valence-corrected chi connectivity index (χ3v) is 5.20. The van der Waals surface area contributed by atoms with Gasteiger partial charge in [-0.05, 0) is 38.5 Å². The van der Waals surface area contributed by atoms with E-state index in [1.165, 1.54) is 10.7 Å². The lowest BCUT2D eigenvalue weighted by atomic mass is 10.2. The number of hydrogen-bond acceptors (Lipinski definition) is 6. The molecule has 2 aromatic heterocycles. The lowest BCUT2D eigenvalue weighted by Crippen LogP contribution is -2.34. The van der Waals surface area contributed by atoms with Crippen molar-refractivity contribution in [3.63, 3.8) is 0 Å². The predicted molar refractivity (Wildman–Crippen MR) is 109 cm³/mol. The van der Waals surface area contributed by atoms with E-state index >= 15 is 0 Å². The van der Waals surface area contributed by atoms with E-state index in [0.717, 1.165) is 21.1 Å². The maximum absolute atomic E-state index is 12.1. The molecule has 0 aliphatic rings. The third kappa shape index (κ3) is 4.83. The van der Waals surface area contributed by atoms with Crippen molar-refractivity contribution >= 4 is 17.2 Å². The summed E-state index contributed by atoms with van der Waals surface area (Å²) in [5.74, 6) is 0.430. The number of benzene rings is 1. The van der Waals surface area contributed by atoms with Crippen LogP contribution in [0.2, 0.25) is 0 Å². The molecule has 0 saturated heterocycles. The normalized spacial score (nSPS) is 10.7. The molecular formula is C20H22N4O3S. The van der Waals surface area contributed by atoms with Crippen LogP contribution in [0.25, 0.3) is 10.6 Å². The quantitative estimate of drug-likeness (QED) is 0.661. The molecular weight excluding hydrogens is 376 g/mol. The van der Waals surface area contributed by atoms with E-state index in [0.29, 0.717) is 11.4 Å². The number of aromatic nitrogens is 3. The molecule has 3 aromatic rings. The van der Waals surface area contributed by atoms with Gasteiger partial charge in [-0.2, -0.15) is 5.10 Å². The Morgan fingerprint density at radius 2 is 1.96 bits per heavy atom. The van der Waals surface area contributed by atoms with Gasteiger partial charge in [-0.15, -0.1) is 11.3 Å². The minimum Gasteiger partial charge on any atom is -0.484 e. The Hall–Kier alpha value is -3.00. The fraction of sp³-hybridized carbons (Fsp3) is 0.300. The SMILES string of the molecule is Cc1nc(C)c(-c2ccc(=O)n(CCNC(=O)COc3ccccc3C)n2)s1. The molecule has 0 atom stereocenters. The molecule has 0 spiro atoms. The van der Waals surface area contributed by atoms with E-state index in [2.05, 4.69) is 15.4 Å². The summed E-state index contributed by atoms with van der Waals surface area (Å²) in [7, 11) is 0. The van der Waals surface area contributed by atoms with E-state index in [4.69, 9.17) is 4.74 Å². The molecule has 3 rings (SSSR count). The smallest absolute Gasteiger partial charge is 0.266 e. The minimum atomic E-state index is -0.249. The van der Waals surface area contributed by atoms with Gasteiger partial charge in [-0.1, -0.05) is 18.2 Å². The summed E-state index contributed by atoms with van der Waals surface area (Å²) in [6.45, 7) is 6.26. The fourth-order valence-electron chi connectivity index (χ4n) is 2.71. The highest BCUT2D eigenvalue weighted by atomic mass is 32.1. The molecule has 0 aliphatic heterocycles. The molecule has 0 fully saturated rings. The Morgan fingerprint density at radius 3 is 2.68 bits per heavy atom. The van der Waals surface area contributed by atoms with Crippen molar-refractivity contribution in [1.82, 2.24) is 20.1 Å². The van der Waals surface area contributed by atoms with E-state index in [1.807, 2.05) is 45.0 Å². The van der Waals surface area contributed by atoms with Gasteiger partial charge in [-0.25, -0.2) is 9.67 Å². The van der Waals surface area contributed by atoms with E-state index in [9.17, 15) is 9.59 Å². The second-order valence-corrected chi connectivity index (χ2v) is 7.53. The van der Waals surface area contributed by atoms with Crippen LogP contribution in [0, 0.1) is 20.8 Å². The number of carbonyl (C=O) groups is 1. The lowest BCUT2D eigenvalue weighted by Gasteiger charge is -2.10. The first-order valence-electron chi connectivity index (χ1n) is 8.92. The number of nitrogens with one attached hydrogen (secondary N) is 1. The average molecular weight is 398 g/mol. The van der Waals surface area contributed by atoms with Crippen LogP contribution >= 0.6 is 11.3 Å². The standard InChI is InChI=1S/C20H22N4O3S/c1-13-6-4-5-7-17(13)27-12-18(25)21-10-11-24-19(26)9-8-16(23-24)20-14(2)22-15(3)28-20/h4-9H,10-12H2,1-3H3,(H,21,25). The second-order valence-electron chi connectivity index (χ2n) is 6.33. The van der Waals surface area contributed by atoms with Crippen molar-refractivity contribution in [1.29, 1.82) is 0 Å². The number of hydrogen-bond donors (Lipinski definition) is 1. The fourth-order valence-corrected chi connectivity index (χ4v) is 3.60. The molecule has 1 N–H and O–H groups in total. The van der Waals surface area contributed by atoms with Gasteiger partial charge >= 0.3 is 0 Å². The van der Waals surface area contributed by atoms with Crippen LogP contribution in [-0.4, -0.2) is 33.8 Å². The molecule has 7 nitrogen and oxygen atoms in total. The molecule has 0 radical (unpaired) electrons. The molecule has 146 valence electrons. The van der Waals surface area contributed by atoms with Crippen LogP contribution in [0.5, 0.6) is 5.75 Å². The first kappa shape index (κ1) is 19.8. The molecule has 0 unspecified atom stereocenters. The highest BCUT2D eigenvalue weighted by Crippen LogP contribution is 2.27. The monoisotopic (exact) mass is 398 g/mol. The van der Waals surface area contributed by atoms with Gasteiger partial charge < -0.3 is 10.1 Å². The summed E-state index contributed by atoms with van der Waals surface area (Å²) >= 11 is 1.54. The molecule has 1 aromatic carbocycles. The first-order chi connectivity index (χ1) is 13.4. The van der Waals surface area contributed by atoms with Crippen LogP contribution in [0.3, 0.4) is 0 Å². The number of nitrogens with zero attached hydrogens (tertiary/aromatic N) is 3. The van der Waals surface area contributed by atoms with Crippen molar-refractivity contribution in [3.05, 3.63) is 63.0 Å². The number of amides is 1. The van der Waals surface area contributed by atoms with Gasteiger partial charge in [0, 0.05) is 12.6 Å². The van der Waals surface area contributed by atoms with Gasteiger partial charge in [0.1, 0.15) is 11.4 Å². The Balaban J connectivity index is 1.56. The van der Waals surface area contributed by atoms with Crippen molar-refractivity contribution in [3.8, 4) is 16.3 Å². The third-order valence-electron chi connectivity index (χ3n) is 4.10. The summed E-state index contributed by atoms with van der Waals surface area (Å²) in [6, 6.07) is 10.7. The number of thiazole rings is 1. The largest absolute Gasteiger partial charge is 0.484 e. The number of ether oxygens (including phenoxy) is 1. The summed E-state index contributed by atoms with van der Waals surface area (Å²) in [4.78, 5) is 29.4. The van der Waals surface area contributed by atoms with Crippen LogP contribution in [0.4, 0.5) is 0 Å². The highest BCUT2D eigenvalue weighted by molar-refractivity contribution is 7.15. The maximum Gasteiger partial charge on any atom is 0.266 e. The molecule has 0 saturated carbocycles. The van der Waals surface area contributed by atoms with Gasteiger partial charge in [0.05, 0.1) is 22.1 Å². The number of carbonyl (C=O) groups excluding carboxylic acids is 1. The van der Waals surface area contributed by atoms with Crippen molar-refractivity contribution < 1.29 is 9.53 Å². The molecule has 2 heterocycles. The topological polar surface area (TPSA) is 86.1 Å². The summed E-state index contributed by atoms with van der Waals surface area (Å²) in [5.41, 5.74) is 2.35. The van der Waals surface area contributed by atoms with Crippen LogP contribution in [-0.2, 0) is 11.3 Å². The van der Waals surface area contributed by atoms with Crippen molar-refractivity contribution in [2.24, 2.45) is 0 Å². The van der Waals surface area contributed by atoms with Crippen LogP contribution < -0.4 is 15.6 Å². The van der Waals surface area contributed by atoms with Gasteiger partial charge in [0.25, 0.3) is 11.5 Å². The van der Waals surface area contributed by atoms with Gasteiger partial charge in [-0.3, -0.25) is 9.59 Å². The van der Waals surface area contributed by atoms with E-state index in [-0.39, 0.29) is 31.2 Å². The van der Waals surface area contributed by atoms with Crippen LogP contribution in [0.1, 0.15) is 16.3 Å². The molecule has 1 amide bonds. The Labute approximate surface area is 167 Å². The Kier molecular flexibility index (Phi) is 6.20. The summed E-state index contributed by atoms with van der Waals surface area (Å²) in [5, 5.41) is 8.11. The Bertz CT molecular complexity index is 1040. The van der Waals surface area contributed by atoms with Gasteiger partial charge in [0.2, 0.25) is 0 Å². The second kappa shape index (κ2) is 8.79. The molecule has 28 heavy (non-hydrogen) atoms. The Morgan fingerprint density at radius 1 is 1.18 bits per heavy atom. The van der Waals surface area contributed by atoms with Crippen molar-refractivity contribution in [2.75, 3.05) is 13.2 Å². The number of rotatable bonds is 7. The average Bonchev–Trinajstić information content (AvgIpc) is 3.01. The zero-order chi connectivity index (χ0) is 20.1. The lowest BCUT2D eigenvalue weighted by molar-refractivity contribution is -0.123. The molecule has 8 heteroatoms. The minimum absolute atomic E-state index is 0.0768. The van der Waals surface area contributed by atoms with E-state index < -0.39 is 0 Å². The zero-order valence-electron chi connectivity index (χ0n) is 16.1. The maximum atomic E-state index is 12.1. The van der Waals surface area contributed by atoms with Crippen molar-refractivity contribution in [2.45, 2.75) is 27.3 Å². The first-order valence-corrected chi connectivity index (χ1v) is 9.73. The van der Waals surface area contributed by atoms with E-state index in [1.54, 1.807) is 17.4 Å². The zero-order valence-corrected chi connectivity index (χ0v) is 16.9. The molecule has 0 bridgehead atoms.